The van der Waals surface area contributed by atoms with E-state index in [1.54, 1.807) is 11.3 Å². The number of halogens is 1. The maximum absolute atomic E-state index is 4.82. The summed E-state index contributed by atoms with van der Waals surface area (Å²) in [6.45, 7) is 5.38. The van der Waals surface area contributed by atoms with E-state index < -0.39 is 0 Å². The molecule has 1 aliphatic heterocycles. The van der Waals surface area contributed by atoms with Crippen molar-refractivity contribution in [3.05, 3.63) is 38.8 Å². The van der Waals surface area contributed by atoms with E-state index in [0.717, 1.165) is 11.6 Å². The lowest BCUT2D eigenvalue weighted by Gasteiger charge is -2.07. The molecule has 0 aliphatic carbocycles. The Hall–Kier alpha value is -0.710. The van der Waals surface area contributed by atoms with E-state index >= 15 is 0 Å². The quantitative estimate of drug-likeness (QED) is 0.865. The van der Waals surface area contributed by atoms with Gasteiger partial charge in [0.1, 0.15) is 5.01 Å². The van der Waals surface area contributed by atoms with Crippen molar-refractivity contribution in [1.82, 2.24) is 10.3 Å². The SMILES string of the molecule is Cc1cc(-c2nc(C3CCCN3)cs2)cc(C)c1Br. The molecule has 0 saturated carbocycles. The van der Waals surface area contributed by atoms with Gasteiger partial charge in [-0.15, -0.1) is 11.3 Å². The number of nitrogens with zero attached hydrogens (tertiary/aromatic N) is 1. The molecule has 2 heterocycles. The highest BCUT2D eigenvalue weighted by Gasteiger charge is 2.19. The zero-order valence-electron chi connectivity index (χ0n) is 11.2. The smallest absolute Gasteiger partial charge is 0.123 e. The molecule has 1 N–H and O–H groups in total. The molecular formula is C15H17BrN2S. The van der Waals surface area contributed by atoms with Gasteiger partial charge in [0.25, 0.3) is 0 Å². The standard InChI is InChI=1S/C15H17BrN2S/c1-9-6-11(7-10(2)14(9)16)15-18-13(8-19-15)12-4-3-5-17-12/h6-8,12,17H,3-5H2,1-2H3. The van der Waals surface area contributed by atoms with E-state index in [2.05, 4.69) is 52.6 Å². The molecule has 0 bridgehead atoms. The Balaban J connectivity index is 1.94. The van der Waals surface area contributed by atoms with Crippen LogP contribution in [0.1, 0.15) is 35.7 Å². The Kier molecular flexibility index (Phi) is 3.74. The van der Waals surface area contributed by atoms with Gasteiger partial charge in [0, 0.05) is 15.4 Å². The lowest BCUT2D eigenvalue weighted by molar-refractivity contribution is 0.632. The number of aromatic nitrogens is 1. The average Bonchev–Trinajstić information content (AvgIpc) is 3.05. The molecule has 1 fully saturated rings. The van der Waals surface area contributed by atoms with E-state index in [4.69, 9.17) is 4.98 Å². The van der Waals surface area contributed by atoms with E-state index in [-0.39, 0.29) is 0 Å². The zero-order valence-corrected chi connectivity index (χ0v) is 13.6. The Bertz CT molecular complexity index is 577. The molecule has 1 saturated heterocycles. The minimum atomic E-state index is 0.461. The molecule has 0 radical (unpaired) electrons. The van der Waals surface area contributed by atoms with Gasteiger partial charge in [-0.05, 0) is 56.5 Å². The Morgan fingerprint density at radius 3 is 2.68 bits per heavy atom. The molecule has 4 heteroatoms. The second-order valence-electron chi connectivity index (χ2n) is 5.15. The number of rotatable bonds is 2. The van der Waals surface area contributed by atoms with Crippen LogP contribution in [0, 0.1) is 13.8 Å². The summed E-state index contributed by atoms with van der Waals surface area (Å²) in [5, 5.41) is 6.83. The first-order valence-electron chi connectivity index (χ1n) is 6.61. The Morgan fingerprint density at radius 1 is 1.32 bits per heavy atom. The van der Waals surface area contributed by atoms with E-state index in [9.17, 15) is 0 Å². The van der Waals surface area contributed by atoms with Gasteiger partial charge in [0.15, 0.2) is 0 Å². The van der Waals surface area contributed by atoms with Crippen LogP contribution in [0.5, 0.6) is 0 Å². The van der Waals surface area contributed by atoms with Gasteiger partial charge >= 0.3 is 0 Å². The summed E-state index contributed by atoms with van der Waals surface area (Å²) in [5.41, 5.74) is 4.97. The topological polar surface area (TPSA) is 24.9 Å². The fourth-order valence-electron chi connectivity index (χ4n) is 2.59. The number of hydrogen-bond acceptors (Lipinski definition) is 3. The maximum Gasteiger partial charge on any atom is 0.123 e. The van der Waals surface area contributed by atoms with Crippen molar-refractivity contribution in [2.24, 2.45) is 0 Å². The molecule has 2 nitrogen and oxygen atoms in total. The summed E-state index contributed by atoms with van der Waals surface area (Å²) in [7, 11) is 0. The third kappa shape index (κ3) is 2.62. The van der Waals surface area contributed by atoms with Gasteiger partial charge in [-0.3, -0.25) is 0 Å². The first kappa shape index (κ1) is 13.3. The number of hydrogen-bond donors (Lipinski definition) is 1. The third-order valence-corrected chi connectivity index (χ3v) is 5.78. The molecule has 2 aromatic rings. The molecule has 1 aliphatic rings. The molecular weight excluding hydrogens is 320 g/mol. The Labute approximate surface area is 126 Å². The highest BCUT2D eigenvalue weighted by Crippen LogP contribution is 2.32. The summed E-state index contributed by atoms with van der Waals surface area (Å²) in [4.78, 5) is 4.82. The largest absolute Gasteiger partial charge is 0.309 e. The zero-order chi connectivity index (χ0) is 13.4. The second-order valence-corrected chi connectivity index (χ2v) is 6.80. The van der Waals surface area contributed by atoms with Crippen molar-refractivity contribution in [2.75, 3.05) is 6.54 Å². The highest BCUT2D eigenvalue weighted by molar-refractivity contribution is 9.10. The number of thiazole rings is 1. The number of benzene rings is 1. The molecule has 0 amide bonds. The average molecular weight is 337 g/mol. The van der Waals surface area contributed by atoms with Crippen LogP contribution in [0.25, 0.3) is 10.6 Å². The molecule has 3 rings (SSSR count). The normalized spacial score (nSPS) is 19.0. The predicted octanol–water partition coefficient (Wildman–Crippen LogP) is 4.61. The summed E-state index contributed by atoms with van der Waals surface area (Å²) < 4.78 is 1.20. The monoisotopic (exact) mass is 336 g/mol. The second kappa shape index (κ2) is 5.35. The fourth-order valence-corrected chi connectivity index (χ4v) is 3.68. The maximum atomic E-state index is 4.82. The minimum absolute atomic E-state index is 0.461. The number of aryl methyl sites for hydroxylation is 2. The predicted molar refractivity (Wildman–Crippen MR) is 84.7 cm³/mol. The van der Waals surface area contributed by atoms with Crippen molar-refractivity contribution in [3.8, 4) is 10.6 Å². The van der Waals surface area contributed by atoms with Crippen molar-refractivity contribution in [3.63, 3.8) is 0 Å². The van der Waals surface area contributed by atoms with Crippen molar-refractivity contribution in [2.45, 2.75) is 32.7 Å². The van der Waals surface area contributed by atoms with Gasteiger partial charge in [-0.2, -0.15) is 0 Å². The summed E-state index contributed by atoms with van der Waals surface area (Å²) in [6.07, 6.45) is 2.47. The van der Waals surface area contributed by atoms with Crippen LogP contribution < -0.4 is 5.32 Å². The molecule has 1 aromatic heterocycles. The van der Waals surface area contributed by atoms with Crippen molar-refractivity contribution >= 4 is 27.3 Å². The van der Waals surface area contributed by atoms with E-state index in [1.165, 1.54) is 39.7 Å². The third-order valence-electron chi connectivity index (χ3n) is 3.62. The molecule has 0 spiro atoms. The lowest BCUT2D eigenvalue weighted by Crippen LogP contribution is -2.12. The first-order chi connectivity index (χ1) is 9.15. The van der Waals surface area contributed by atoms with E-state index in [0.29, 0.717) is 6.04 Å². The van der Waals surface area contributed by atoms with E-state index in [1.807, 2.05) is 0 Å². The molecule has 1 aromatic carbocycles. The Morgan fingerprint density at radius 2 is 2.05 bits per heavy atom. The summed E-state index contributed by atoms with van der Waals surface area (Å²) in [6, 6.07) is 4.88. The van der Waals surface area contributed by atoms with Gasteiger partial charge in [-0.1, -0.05) is 15.9 Å². The molecule has 1 unspecified atom stereocenters. The molecule has 100 valence electrons. The highest BCUT2D eigenvalue weighted by atomic mass is 79.9. The minimum Gasteiger partial charge on any atom is -0.309 e. The van der Waals surface area contributed by atoms with Crippen molar-refractivity contribution in [1.29, 1.82) is 0 Å². The van der Waals surface area contributed by atoms with Gasteiger partial charge in [0.05, 0.1) is 11.7 Å². The lowest BCUT2D eigenvalue weighted by atomic mass is 10.1. The van der Waals surface area contributed by atoms with Crippen LogP contribution in [-0.4, -0.2) is 11.5 Å². The van der Waals surface area contributed by atoms with Gasteiger partial charge in [0.2, 0.25) is 0 Å². The van der Waals surface area contributed by atoms with Crippen LogP contribution in [0.2, 0.25) is 0 Å². The van der Waals surface area contributed by atoms with Crippen LogP contribution in [0.3, 0.4) is 0 Å². The van der Waals surface area contributed by atoms with Crippen molar-refractivity contribution < 1.29 is 0 Å². The first-order valence-corrected chi connectivity index (χ1v) is 8.28. The number of nitrogens with one attached hydrogen (secondary N) is 1. The molecule has 19 heavy (non-hydrogen) atoms. The van der Waals surface area contributed by atoms with Crippen LogP contribution >= 0.6 is 27.3 Å². The van der Waals surface area contributed by atoms with Crippen LogP contribution in [0.15, 0.2) is 22.0 Å². The summed E-state index contributed by atoms with van der Waals surface area (Å²) in [5.74, 6) is 0. The summed E-state index contributed by atoms with van der Waals surface area (Å²) >= 11 is 5.36. The van der Waals surface area contributed by atoms with Crippen LogP contribution in [-0.2, 0) is 0 Å². The fraction of sp³-hybridized carbons (Fsp3) is 0.400. The van der Waals surface area contributed by atoms with Crippen LogP contribution in [0.4, 0.5) is 0 Å². The van der Waals surface area contributed by atoms with Gasteiger partial charge in [-0.25, -0.2) is 4.98 Å². The van der Waals surface area contributed by atoms with Gasteiger partial charge < -0.3 is 5.32 Å². The molecule has 1 atom stereocenters.